The highest BCUT2D eigenvalue weighted by Crippen LogP contribution is 2.26. The van der Waals surface area contributed by atoms with Crippen molar-refractivity contribution in [1.82, 2.24) is 0 Å². The van der Waals surface area contributed by atoms with E-state index in [4.69, 9.17) is 0 Å². The fourth-order valence-electron chi connectivity index (χ4n) is 1.81. The van der Waals surface area contributed by atoms with Gasteiger partial charge in [0.05, 0.1) is 0 Å². The molecule has 0 saturated carbocycles. The van der Waals surface area contributed by atoms with Crippen LogP contribution in [0, 0.1) is 0 Å². The second-order valence-corrected chi connectivity index (χ2v) is 6.78. The van der Waals surface area contributed by atoms with Crippen LogP contribution in [-0.4, -0.2) is 5.11 Å². The molecule has 0 atom stereocenters. The highest BCUT2D eigenvalue weighted by molar-refractivity contribution is 7.98. The molecular weight excluding hydrogens is 252 g/mol. The number of phenols is 1. The lowest BCUT2D eigenvalue weighted by Gasteiger charge is -2.19. The average molecular weight is 272 g/mol. The van der Waals surface area contributed by atoms with Crippen LogP contribution in [0.2, 0.25) is 0 Å². The van der Waals surface area contributed by atoms with Crippen LogP contribution in [-0.2, 0) is 11.2 Å². The molecular formula is C17H20OS. The molecule has 0 unspecified atom stereocenters. The van der Waals surface area contributed by atoms with Crippen molar-refractivity contribution in [3.63, 3.8) is 0 Å². The lowest BCUT2D eigenvalue weighted by Crippen LogP contribution is -2.10. The number of benzene rings is 2. The molecule has 0 saturated heterocycles. The number of hydrogen-bond donors (Lipinski definition) is 1. The molecule has 0 bridgehead atoms. The van der Waals surface area contributed by atoms with E-state index in [-0.39, 0.29) is 5.41 Å². The van der Waals surface area contributed by atoms with Crippen molar-refractivity contribution in [2.45, 2.75) is 36.8 Å². The van der Waals surface area contributed by atoms with Crippen molar-refractivity contribution in [2.24, 2.45) is 0 Å². The van der Waals surface area contributed by atoms with Crippen LogP contribution in [0.5, 0.6) is 5.75 Å². The van der Waals surface area contributed by atoms with Crippen molar-refractivity contribution < 1.29 is 5.11 Å². The summed E-state index contributed by atoms with van der Waals surface area (Å²) in [7, 11) is 0. The van der Waals surface area contributed by atoms with Crippen molar-refractivity contribution in [1.29, 1.82) is 0 Å². The first-order valence-electron chi connectivity index (χ1n) is 6.46. The summed E-state index contributed by atoms with van der Waals surface area (Å²) in [5.41, 5.74) is 2.90. The first-order chi connectivity index (χ1) is 8.95. The van der Waals surface area contributed by atoms with Gasteiger partial charge >= 0.3 is 0 Å². The van der Waals surface area contributed by atoms with Gasteiger partial charge in [-0.2, -0.15) is 0 Å². The molecule has 0 aliphatic carbocycles. The van der Waals surface area contributed by atoms with Crippen molar-refractivity contribution in [3.8, 4) is 5.75 Å². The molecule has 1 N–H and O–H groups in total. The normalized spacial score (nSPS) is 11.5. The third-order valence-electron chi connectivity index (χ3n) is 3.06. The molecule has 0 aromatic heterocycles. The van der Waals surface area contributed by atoms with E-state index in [9.17, 15) is 5.11 Å². The Morgan fingerprint density at radius 3 is 2.00 bits per heavy atom. The van der Waals surface area contributed by atoms with E-state index in [0.29, 0.717) is 5.75 Å². The topological polar surface area (TPSA) is 20.2 Å². The van der Waals surface area contributed by atoms with Gasteiger partial charge in [-0.3, -0.25) is 0 Å². The summed E-state index contributed by atoms with van der Waals surface area (Å²) in [5, 5.41) is 9.24. The molecule has 0 aliphatic rings. The SMILES string of the molecule is CC(C)(C)c1ccc(CSc2ccc(O)cc2)cc1. The van der Waals surface area contributed by atoms with Crippen LogP contribution in [0.3, 0.4) is 0 Å². The van der Waals surface area contributed by atoms with Gasteiger partial charge in [0.15, 0.2) is 0 Å². The number of aromatic hydroxyl groups is 1. The second-order valence-electron chi connectivity index (χ2n) is 5.73. The Labute approximate surface area is 119 Å². The Morgan fingerprint density at radius 1 is 0.895 bits per heavy atom. The van der Waals surface area contributed by atoms with Crippen molar-refractivity contribution in [3.05, 3.63) is 59.7 Å². The van der Waals surface area contributed by atoms with Gasteiger partial charge in [-0.15, -0.1) is 11.8 Å². The molecule has 2 aromatic carbocycles. The zero-order valence-electron chi connectivity index (χ0n) is 11.7. The van der Waals surface area contributed by atoms with Crippen LogP contribution in [0.15, 0.2) is 53.4 Å². The zero-order valence-corrected chi connectivity index (χ0v) is 12.5. The van der Waals surface area contributed by atoms with E-state index in [1.165, 1.54) is 16.0 Å². The summed E-state index contributed by atoms with van der Waals surface area (Å²) in [6, 6.07) is 16.2. The monoisotopic (exact) mass is 272 g/mol. The second kappa shape index (κ2) is 5.70. The summed E-state index contributed by atoms with van der Waals surface area (Å²) in [6.07, 6.45) is 0. The minimum atomic E-state index is 0.211. The molecule has 2 aromatic rings. The fourth-order valence-corrected chi connectivity index (χ4v) is 2.66. The fraction of sp³-hybridized carbons (Fsp3) is 0.294. The Kier molecular flexibility index (Phi) is 4.20. The number of thioether (sulfide) groups is 1. The molecule has 1 nitrogen and oxygen atoms in total. The average Bonchev–Trinajstić information content (AvgIpc) is 2.37. The summed E-state index contributed by atoms with van der Waals surface area (Å²) in [5.74, 6) is 1.27. The maximum Gasteiger partial charge on any atom is 0.115 e. The molecule has 0 radical (unpaired) electrons. The minimum Gasteiger partial charge on any atom is -0.508 e. The van der Waals surface area contributed by atoms with E-state index >= 15 is 0 Å². The third-order valence-corrected chi connectivity index (χ3v) is 4.15. The summed E-state index contributed by atoms with van der Waals surface area (Å²) >= 11 is 1.78. The van der Waals surface area contributed by atoms with E-state index in [1.54, 1.807) is 23.9 Å². The molecule has 0 heterocycles. The highest BCUT2D eigenvalue weighted by Gasteiger charge is 2.12. The largest absolute Gasteiger partial charge is 0.508 e. The summed E-state index contributed by atoms with van der Waals surface area (Å²) in [4.78, 5) is 1.18. The molecule has 0 fully saturated rings. The Morgan fingerprint density at radius 2 is 1.47 bits per heavy atom. The van der Waals surface area contributed by atoms with Crippen LogP contribution < -0.4 is 0 Å². The lowest BCUT2D eigenvalue weighted by atomic mass is 9.87. The highest BCUT2D eigenvalue weighted by atomic mass is 32.2. The van der Waals surface area contributed by atoms with Crippen LogP contribution >= 0.6 is 11.8 Å². The van der Waals surface area contributed by atoms with Crippen LogP contribution in [0.1, 0.15) is 31.9 Å². The van der Waals surface area contributed by atoms with Crippen LogP contribution in [0.4, 0.5) is 0 Å². The molecule has 0 amide bonds. The van der Waals surface area contributed by atoms with E-state index < -0.39 is 0 Å². The number of rotatable bonds is 3. The molecule has 0 aliphatic heterocycles. The molecule has 2 rings (SSSR count). The van der Waals surface area contributed by atoms with Gasteiger partial charge in [-0.25, -0.2) is 0 Å². The van der Waals surface area contributed by atoms with Gasteiger partial charge in [-0.05, 0) is 40.8 Å². The standard InChI is InChI=1S/C17H20OS/c1-17(2,3)14-6-4-13(5-7-14)12-19-16-10-8-15(18)9-11-16/h4-11,18H,12H2,1-3H3. The quantitative estimate of drug-likeness (QED) is 0.795. The summed E-state index contributed by atoms with van der Waals surface area (Å²) < 4.78 is 0. The zero-order chi connectivity index (χ0) is 13.9. The Balaban J connectivity index is 1.98. The van der Waals surface area contributed by atoms with Gasteiger partial charge < -0.3 is 5.11 Å². The van der Waals surface area contributed by atoms with Gasteiger partial charge in [0, 0.05) is 10.6 Å². The Hall–Kier alpha value is -1.41. The molecule has 2 heteroatoms. The van der Waals surface area contributed by atoms with Gasteiger partial charge in [0.25, 0.3) is 0 Å². The maximum absolute atomic E-state index is 9.24. The molecule has 0 spiro atoms. The summed E-state index contributed by atoms with van der Waals surface area (Å²) in [6.45, 7) is 6.69. The number of phenolic OH excluding ortho intramolecular Hbond substituents is 1. The predicted octanol–water partition coefficient (Wildman–Crippen LogP) is 4.98. The molecule has 19 heavy (non-hydrogen) atoms. The van der Waals surface area contributed by atoms with Gasteiger partial charge in [0.2, 0.25) is 0 Å². The maximum atomic E-state index is 9.24. The van der Waals surface area contributed by atoms with E-state index in [1.807, 2.05) is 12.1 Å². The third kappa shape index (κ3) is 4.03. The van der Waals surface area contributed by atoms with Crippen molar-refractivity contribution >= 4 is 11.8 Å². The van der Waals surface area contributed by atoms with E-state index in [2.05, 4.69) is 45.0 Å². The van der Waals surface area contributed by atoms with Crippen LogP contribution in [0.25, 0.3) is 0 Å². The predicted molar refractivity (Wildman–Crippen MR) is 82.8 cm³/mol. The smallest absolute Gasteiger partial charge is 0.115 e. The molecule has 100 valence electrons. The van der Waals surface area contributed by atoms with Gasteiger partial charge in [0.1, 0.15) is 5.75 Å². The van der Waals surface area contributed by atoms with Crippen molar-refractivity contribution in [2.75, 3.05) is 0 Å². The van der Waals surface area contributed by atoms with E-state index in [0.717, 1.165) is 5.75 Å². The van der Waals surface area contributed by atoms with Gasteiger partial charge in [-0.1, -0.05) is 45.0 Å². The number of hydrogen-bond acceptors (Lipinski definition) is 2. The first kappa shape index (κ1) is 14.0. The minimum absolute atomic E-state index is 0.211. The lowest BCUT2D eigenvalue weighted by molar-refractivity contribution is 0.475. The Bertz CT molecular complexity index is 521. The first-order valence-corrected chi connectivity index (χ1v) is 7.45.